The van der Waals surface area contributed by atoms with Crippen LogP contribution < -0.4 is 19.9 Å². The minimum Gasteiger partial charge on any atom is -0.480 e. The van der Waals surface area contributed by atoms with Crippen LogP contribution in [-0.4, -0.2) is 40.2 Å². The number of carbonyl (C=O) groups is 1. The second-order valence-corrected chi connectivity index (χ2v) is 8.02. The van der Waals surface area contributed by atoms with E-state index in [1.165, 1.54) is 7.11 Å². The molecule has 0 aliphatic carbocycles. The summed E-state index contributed by atoms with van der Waals surface area (Å²) in [6, 6.07) is 18.3. The van der Waals surface area contributed by atoms with Crippen LogP contribution >= 0.6 is 11.6 Å². The average molecular weight is 474 g/mol. The van der Waals surface area contributed by atoms with E-state index in [4.69, 9.17) is 21.3 Å². The van der Waals surface area contributed by atoms with Crippen LogP contribution in [0.4, 0.5) is 29.0 Å². The molecular formula is C24H20ClN7O2. The Bertz CT molecular complexity index is 1350. The Morgan fingerprint density at radius 2 is 1.79 bits per heavy atom. The number of hydrogen-bond donors (Lipinski definition) is 1. The number of anilines is 5. The zero-order valence-corrected chi connectivity index (χ0v) is 19.2. The highest BCUT2D eigenvalue weighted by Crippen LogP contribution is 2.39. The second-order valence-electron chi connectivity index (χ2n) is 7.58. The Balaban J connectivity index is 1.57. The van der Waals surface area contributed by atoms with Crippen molar-refractivity contribution in [1.29, 1.82) is 0 Å². The maximum atomic E-state index is 13.6. The van der Waals surface area contributed by atoms with Gasteiger partial charge in [0, 0.05) is 18.1 Å². The van der Waals surface area contributed by atoms with E-state index >= 15 is 0 Å². The molecule has 0 saturated heterocycles. The van der Waals surface area contributed by atoms with Crippen LogP contribution in [0.15, 0.2) is 66.9 Å². The molecule has 10 heteroatoms. The van der Waals surface area contributed by atoms with Crippen LogP contribution in [0.3, 0.4) is 0 Å². The van der Waals surface area contributed by atoms with Gasteiger partial charge in [-0.25, -0.2) is 4.98 Å². The number of rotatable bonds is 5. The molecular weight excluding hydrogens is 454 g/mol. The van der Waals surface area contributed by atoms with Crippen LogP contribution in [0.1, 0.15) is 15.9 Å². The first-order valence-electron chi connectivity index (χ1n) is 10.4. The number of fused-ring (bicyclic) bond motifs is 2. The van der Waals surface area contributed by atoms with Gasteiger partial charge in [-0.1, -0.05) is 35.9 Å². The Kier molecular flexibility index (Phi) is 5.69. The van der Waals surface area contributed by atoms with Gasteiger partial charge >= 0.3 is 0 Å². The van der Waals surface area contributed by atoms with Crippen molar-refractivity contribution in [3.8, 4) is 5.88 Å². The summed E-state index contributed by atoms with van der Waals surface area (Å²) in [7, 11) is 3.40. The smallest absolute Gasteiger partial charge is 0.260 e. The highest BCUT2D eigenvalue weighted by Gasteiger charge is 2.31. The van der Waals surface area contributed by atoms with Gasteiger partial charge in [0.1, 0.15) is 5.69 Å². The summed E-state index contributed by atoms with van der Waals surface area (Å²) in [5, 5.41) is 11.7. The normalized spacial score (nSPS) is 12.6. The Morgan fingerprint density at radius 3 is 2.53 bits per heavy atom. The number of nitrogens with one attached hydrogen (secondary N) is 1. The molecule has 0 fully saturated rings. The third-order valence-electron chi connectivity index (χ3n) is 5.44. The Labute approximate surface area is 201 Å². The molecule has 1 N–H and O–H groups in total. The van der Waals surface area contributed by atoms with E-state index in [1.807, 2.05) is 48.3 Å². The molecule has 3 heterocycles. The molecule has 1 aliphatic rings. The summed E-state index contributed by atoms with van der Waals surface area (Å²) in [6.45, 7) is 0.339. The second kappa shape index (κ2) is 8.95. The molecule has 4 aromatic rings. The number of ether oxygens (including phenoxy) is 1. The van der Waals surface area contributed by atoms with Gasteiger partial charge in [0.15, 0.2) is 11.6 Å². The fourth-order valence-electron chi connectivity index (χ4n) is 3.72. The van der Waals surface area contributed by atoms with Crippen LogP contribution in [0.2, 0.25) is 5.02 Å². The largest absolute Gasteiger partial charge is 0.480 e. The molecule has 1 aliphatic heterocycles. The summed E-state index contributed by atoms with van der Waals surface area (Å²) >= 11 is 6.05. The molecule has 0 bridgehead atoms. The van der Waals surface area contributed by atoms with Gasteiger partial charge in [0.25, 0.3) is 5.91 Å². The fraction of sp³-hybridized carbons (Fsp3) is 0.125. The van der Waals surface area contributed by atoms with Crippen molar-refractivity contribution in [1.82, 2.24) is 20.2 Å². The number of aromatic nitrogens is 4. The quantitative estimate of drug-likeness (QED) is 0.449. The predicted octanol–water partition coefficient (Wildman–Crippen LogP) is 4.60. The van der Waals surface area contributed by atoms with E-state index in [1.54, 1.807) is 35.4 Å². The van der Waals surface area contributed by atoms with Crippen molar-refractivity contribution in [2.45, 2.75) is 6.54 Å². The predicted molar refractivity (Wildman–Crippen MR) is 130 cm³/mol. The van der Waals surface area contributed by atoms with E-state index < -0.39 is 0 Å². The molecule has 9 nitrogen and oxygen atoms in total. The monoisotopic (exact) mass is 473 g/mol. The lowest BCUT2D eigenvalue weighted by atomic mass is 10.1. The number of para-hydroxylation sites is 1. The van der Waals surface area contributed by atoms with E-state index in [0.717, 1.165) is 11.3 Å². The maximum absolute atomic E-state index is 13.6. The highest BCUT2D eigenvalue weighted by molar-refractivity contribution is 6.30. The molecule has 34 heavy (non-hydrogen) atoms. The first-order chi connectivity index (χ1) is 16.5. The Morgan fingerprint density at radius 1 is 1.00 bits per heavy atom. The summed E-state index contributed by atoms with van der Waals surface area (Å²) in [5.74, 6) is 1.63. The zero-order valence-electron chi connectivity index (χ0n) is 18.4. The fourth-order valence-corrected chi connectivity index (χ4v) is 3.85. The van der Waals surface area contributed by atoms with Gasteiger partial charge in [0.05, 0.1) is 31.1 Å². The number of hydrogen-bond acceptors (Lipinski definition) is 8. The first-order valence-corrected chi connectivity index (χ1v) is 10.8. The van der Waals surface area contributed by atoms with Gasteiger partial charge in [-0.3, -0.25) is 9.69 Å². The van der Waals surface area contributed by atoms with Crippen molar-refractivity contribution in [3.63, 3.8) is 0 Å². The van der Waals surface area contributed by atoms with E-state index in [9.17, 15) is 4.79 Å². The van der Waals surface area contributed by atoms with Gasteiger partial charge in [-0.2, -0.15) is 4.98 Å². The minimum absolute atomic E-state index is 0.138. The molecule has 0 spiro atoms. The molecule has 1 amide bonds. The van der Waals surface area contributed by atoms with Gasteiger partial charge < -0.3 is 15.0 Å². The molecule has 0 saturated carbocycles. The van der Waals surface area contributed by atoms with E-state index in [2.05, 4.69) is 20.5 Å². The van der Waals surface area contributed by atoms with Gasteiger partial charge in [-0.05, 0) is 35.9 Å². The molecule has 5 rings (SSSR count). The number of benzene rings is 2. The Hall–Kier alpha value is -4.24. The lowest BCUT2D eigenvalue weighted by molar-refractivity contribution is 0.0986. The van der Waals surface area contributed by atoms with Crippen molar-refractivity contribution in [3.05, 3.63) is 83.0 Å². The lowest BCUT2D eigenvalue weighted by Gasteiger charge is -2.24. The van der Waals surface area contributed by atoms with Gasteiger partial charge in [0.2, 0.25) is 11.8 Å². The van der Waals surface area contributed by atoms with E-state index in [-0.39, 0.29) is 5.91 Å². The minimum atomic E-state index is -0.138. The SMILES string of the molecule is COc1ccc(Nc2ncc3c(n2)N(C)c2ccccc2C(=O)N3Cc2ccc(Cl)cc2)nn1. The number of halogens is 1. The molecule has 2 aromatic heterocycles. The average Bonchev–Trinajstić information content (AvgIpc) is 2.95. The summed E-state index contributed by atoms with van der Waals surface area (Å²) in [6.07, 6.45) is 1.64. The molecule has 0 radical (unpaired) electrons. The van der Waals surface area contributed by atoms with Crippen molar-refractivity contribution in [2.24, 2.45) is 0 Å². The number of amides is 1. The number of methoxy groups -OCH3 is 1. The summed E-state index contributed by atoms with van der Waals surface area (Å²) in [5.41, 5.74) is 2.85. The van der Waals surface area contributed by atoms with Gasteiger partial charge in [-0.15, -0.1) is 10.2 Å². The number of carbonyl (C=O) groups excluding carboxylic acids is 1. The van der Waals surface area contributed by atoms with Crippen LogP contribution in [0.25, 0.3) is 0 Å². The topological polar surface area (TPSA) is 96.4 Å². The van der Waals surface area contributed by atoms with Crippen molar-refractivity contribution >= 4 is 46.5 Å². The zero-order chi connectivity index (χ0) is 23.7. The summed E-state index contributed by atoms with van der Waals surface area (Å²) < 4.78 is 5.05. The van der Waals surface area contributed by atoms with Crippen molar-refractivity contribution < 1.29 is 9.53 Å². The molecule has 0 unspecified atom stereocenters. The van der Waals surface area contributed by atoms with E-state index in [0.29, 0.717) is 46.3 Å². The van der Waals surface area contributed by atoms with Crippen molar-refractivity contribution in [2.75, 3.05) is 29.3 Å². The number of nitrogens with zero attached hydrogens (tertiary/aromatic N) is 6. The third kappa shape index (κ3) is 4.08. The molecule has 170 valence electrons. The first kappa shape index (κ1) is 21.6. The third-order valence-corrected chi connectivity index (χ3v) is 5.69. The standard InChI is InChI=1S/C24H20ClN7O2/c1-31-18-6-4-3-5-17(18)23(33)32(14-15-7-9-16(25)10-8-15)19-13-26-24(28-22(19)31)27-20-11-12-21(34-2)30-29-20/h3-13H,14H2,1-2H3,(H,26,27,28,29). The molecule has 2 aromatic carbocycles. The molecule has 0 atom stereocenters. The van der Waals surface area contributed by atoms with Crippen LogP contribution in [0, 0.1) is 0 Å². The highest BCUT2D eigenvalue weighted by atomic mass is 35.5. The van der Waals surface area contributed by atoms with Crippen LogP contribution in [-0.2, 0) is 6.54 Å². The summed E-state index contributed by atoms with van der Waals surface area (Å²) in [4.78, 5) is 26.4. The lowest BCUT2D eigenvalue weighted by Crippen LogP contribution is -2.30. The van der Waals surface area contributed by atoms with Crippen LogP contribution in [0.5, 0.6) is 5.88 Å². The maximum Gasteiger partial charge on any atom is 0.260 e.